The van der Waals surface area contributed by atoms with Crippen molar-refractivity contribution in [3.8, 4) is 0 Å². The molecule has 1 atom stereocenters. The predicted molar refractivity (Wildman–Crippen MR) is 118 cm³/mol. The van der Waals surface area contributed by atoms with Gasteiger partial charge in [-0.2, -0.15) is 0 Å². The standard InChI is InChI=1S/C23H18BrClN2O2/c1-14-7-10-20-18(11-14)22(15-5-3-2-4-6-15)27(13-21(28)26-20)23(29)17-12-16(24)8-9-19(17)25/h2-12,22H,13H2,1H3,(H,26,28)/t22-/m0/s1. The maximum atomic E-state index is 13.6. The maximum Gasteiger partial charge on any atom is 0.256 e. The van der Waals surface area contributed by atoms with Crippen LogP contribution >= 0.6 is 27.5 Å². The Kier molecular flexibility index (Phi) is 5.43. The Bertz CT molecular complexity index is 1100. The van der Waals surface area contributed by atoms with Crippen molar-refractivity contribution in [2.75, 3.05) is 11.9 Å². The van der Waals surface area contributed by atoms with Crippen molar-refractivity contribution in [2.45, 2.75) is 13.0 Å². The smallest absolute Gasteiger partial charge is 0.256 e. The minimum absolute atomic E-state index is 0.0744. The highest BCUT2D eigenvalue weighted by molar-refractivity contribution is 9.10. The van der Waals surface area contributed by atoms with E-state index < -0.39 is 6.04 Å². The highest BCUT2D eigenvalue weighted by atomic mass is 79.9. The SMILES string of the molecule is Cc1ccc2c(c1)[C@H](c1ccccc1)N(C(=O)c1cc(Br)ccc1Cl)CC(=O)N2. The molecule has 2 amide bonds. The van der Waals surface area contributed by atoms with Gasteiger partial charge >= 0.3 is 0 Å². The monoisotopic (exact) mass is 468 g/mol. The summed E-state index contributed by atoms with van der Waals surface area (Å²) >= 11 is 9.74. The van der Waals surface area contributed by atoms with Gasteiger partial charge in [0.1, 0.15) is 6.54 Å². The Hall–Kier alpha value is -2.63. The summed E-state index contributed by atoms with van der Waals surface area (Å²) < 4.78 is 0.747. The summed E-state index contributed by atoms with van der Waals surface area (Å²) in [6, 6.07) is 20.3. The average molecular weight is 470 g/mol. The van der Waals surface area contributed by atoms with Crippen LogP contribution in [0.2, 0.25) is 5.02 Å². The van der Waals surface area contributed by atoms with E-state index in [1.165, 1.54) is 0 Å². The molecule has 0 radical (unpaired) electrons. The van der Waals surface area contributed by atoms with E-state index in [-0.39, 0.29) is 18.4 Å². The number of fused-ring (bicyclic) bond motifs is 1. The van der Waals surface area contributed by atoms with Crippen LogP contribution < -0.4 is 5.32 Å². The molecule has 0 saturated carbocycles. The molecule has 1 aliphatic heterocycles. The summed E-state index contributed by atoms with van der Waals surface area (Å²) in [5.74, 6) is -0.539. The third-order valence-corrected chi connectivity index (χ3v) is 5.76. The van der Waals surface area contributed by atoms with Crippen molar-refractivity contribution >= 4 is 45.0 Å². The number of hydrogen-bond donors (Lipinski definition) is 1. The van der Waals surface area contributed by atoms with E-state index in [2.05, 4.69) is 21.2 Å². The van der Waals surface area contributed by atoms with Crippen molar-refractivity contribution in [3.05, 3.63) is 98.5 Å². The molecule has 4 nitrogen and oxygen atoms in total. The van der Waals surface area contributed by atoms with Crippen molar-refractivity contribution in [3.63, 3.8) is 0 Å². The van der Waals surface area contributed by atoms with Gasteiger partial charge in [0.2, 0.25) is 5.91 Å². The number of aryl methyl sites for hydroxylation is 1. The van der Waals surface area contributed by atoms with Crippen molar-refractivity contribution in [1.29, 1.82) is 0 Å². The van der Waals surface area contributed by atoms with Crippen LogP contribution in [0.5, 0.6) is 0 Å². The number of anilines is 1. The van der Waals surface area contributed by atoms with Crippen LogP contribution in [-0.4, -0.2) is 23.3 Å². The Morgan fingerprint density at radius 1 is 1.10 bits per heavy atom. The van der Waals surface area contributed by atoms with E-state index in [1.54, 1.807) is 23.1 Å². The molecule has 29 heavy (non-hydrogen) atoms. The zero-order valence-electron chi connectivity index (χ0n) is 15.7. The molecule has 1 heterocycles. The summed E-state index contributed by atoms with van der Waals surface area (Å²) in [6.45, 7) is 1.92. The zero-order chi connectivity index (χ0) is 20.5. The van der Waals surface area contributed by atoms with Crippen LogP contribution in [0.15, 0.2) is 71.2 Å². The number of hydrogen-bond acceptors (Lipinski definition) is 2. The fraction of sp³-hybridized carbons (Fsp3) is 0.130. The number of benzene rings is 3. The first-order valence-corrected chi connectivity index (χ1v) is 10.3. The minimum atomic E-state index is -0.424. The molecule has 0 spiro atoms. The third kappa shape index (κ3) is 3.93. The van der Waals surface area contributed by atoms with E-state index in [1.807, 2.05) is 55.5 Å². The van der Waals surface area contributed by atoms with Crippen LogP contribution in [0.1, 0.15) is 33.1 Å². The lowest BCUT2D eigenvalue weighted by molar-refractivity contribution is -0.117. The maximum absolute atomic E-state index is 13.6. The molecule has 3 aromatic rings. The fourth-order valence-corrected chi connectivity index (χ4v) is 4.19. The molecule has 4 rings (SSSR count). The van der Waals surface area contributed by atoms with Crippen LogP contribution in [0, 0.1) is 6.92 Å². The second-order valence-corrected chi connectivity index (χ2v) is 8.33. The van der Waals surface area contributed by atoms with Crippen LogP contribution in [0.4, 0.5) is 5.69 Å². The predicted octanol–water partition coefficient (Wildman–Crippen LogP) is 5.59. The quantitative estimate of drug-likeness (QED) is 0.531. The fourth-order valence-electron chi connectivity index (χ4n) is 3.63. The summed E-state index contributed by atoms with van der Waals surface area (Å²) in [5, 5.41) is 3.28. The number of halogens is 2. The van der Waals surface area contributed by atoms with Crippen molar-refractivity contribution in [1.82, 2.24) is 4.90 Å². The van der Waals surface area contributed by atoms with E-state index in [4.69, 9.17) is 11.6 Å². The average Bonchev–Trinajstić information content (AvgIpc) is 2.85. The van der Waals surface area contributed by atoms with E-state index in [0.717, 1.165) is 21.2 Å². The molecule has 0 fully saturated rings. The van der Waals surface area contributed by atoms with Gasteiger partial charge in [0, 0.05) is 15.7 Å². The molecule has 6 heteroatoms. The van der Waals surface area contributed by atoms with Gasteiger partial charge in [-0.3, -0.25) is 9.59 Å². The number of nitrogens with zero attached hydrogens (tertiary/aromatic N) is 1. The molecule has 0 saturated heterocycles. The summed E-state index contributed by atoms with van der Waals surface area (Å²) in [7, 11) is 0. The number of nitrogens with one attached hydrogen (secondary N) is 1. The Morgan fingerprint density at radius 3 is 2.62 bits per heavy atom. The van der Waals surface area contributed by atoms with Crippen molar-refractivity contribution in [2.24, 2.45) is 0 Å². The summed E-state index contributed by atoms with van der Waals surface area (Å²) in [6.07, 6.45) is 0. The Balaban J connectivity index is 1.91. The molecule has 0 aromatic heterocycles. The third-order valence-electron chi connectivity index (χ3n) is 4.94. The van der Waals surface area contributed by atoms with E-state index in [9.17, 15) is 9.59 Å². The van der Waals surface area contributed by atoms with Crippen LogP contribution in [0.3, 0.4) is 0 Å². The number of carbonyl (C=O) groups excluding carboxylic acids is 2. The normalized spacial score (nSPS) is 16.0. The first-order chi connectivity index (χ1) is 13.9. The Morgan fingerprint density at radius 2 is 1.86 bits per heavy atom. The first kappa shape index (κ1) is 19.7. The van der Waals surface area contributed by atoms with Crippen molar-refractivity contribution < 1.29 is 9.59 Å². The molecule has 0 aliphatic carbocycles. The van der Waals surface area contributed by atoms with E-state index in [0.29, 0.717) is 16.3 Å². The van der Waals surface area contributed by atoms with Gasteiger partial charge in [0.15, 0.2) is 0 Å². The van der Waals surface area contributed by atoms with Gasteiger partial charge in [-0.05, 0) is 36.8 Å². The molecule has 0 bridgehead atoms. The molecule has 146 valence electrons. The second kappa shape index (κ2) is 8.01. The number of carbonyl (C=O) groups is 2. The topological polar surface area (TPSA) is 49.4 Å². The molecule has 0 unspecified atom stereocenters. The summed E-state index contributed by atoms with van der Waals surface area (Å²) in [5.41, 5.74) is 3.92. The lowest BCUT2D eigenvalue weighted by Gasteiger charge is -2.31. The van der Waals surface area contributed by atoms with Gasteiger partial charge in [0.05, 0.1) is 16.6 Å². The van der Waals surface area contributed by atoms with Gasteiger partial charge < -0.3 is 10.2 Å². The molecular formula is C23H18BrClN2O2. The van der Waals surface area contributed by atoms with Gasteiger partial charge in [-0.25, -0.2) is 0 Å². The number of amides is 2. The summed E-state index contributed by atoms with van der Waals surface area (Å²) in [4.78, 5) is 27.8. The van der Waals surface area contributed by atoms with Crippen LogP contribution in [-0.2, 0) is 4.79 Å². The highest BCUT2D eigenvalue weighted by Gasteiger charge is 2.34. The Labute approximate surface area is 182 Å². The molecule has 1 aliphatic rings. The number of rotatable bonds is 2. The second-order valence-electron chi connectivity index (χ2n) is 7.01. The largest absolute Gasteiger partial charge is 0.324 e. The zero-order valence-corrected chi connectivity index (χ0v) is 18.0. The lowest BCUT2D eigenvalue weighted by Crippen LogP contribution is -2.39. The molecule has 3 aromatic carbocycles. The van der Waals surface area contributed by atoms with Gasteiger partial charge in [0.25, 0.3) is 5.91 Å². The lowest BCUT2D eigenvalue weighted by atomic mass is 9.94. The molecular weight excluding hydrogens is 452 g/mol. The molecule has 1 N–H and O–H groups in total. The van der Waals surface area contributed by atoms with E-state index >= 15 is 0 Å². The minimum Gasteiger partial charge on any atom is -0.324 e. The van der Waals surface area contributed by atoms with Gasteiger partial charge in [-0.1, -0.05) is 75.6 Å². The van der Waals surface area contributed by atoms with Gasteiger partial charge in [-0.15, -0.1) is 0 Å². The highest BCUT2D eigenvalue weighted by Crippen LogP contribution is 2.37. The first-order valence-electron chi connectivity index (χ1n) is 9.15. The van der Waals surface area contributed by atoms with Crippen LogP contribution in [0.25, 0.3) is 0 Å².